The van der Waals surface area contributed by atoms with E-state index in [-0.39, 0.29) is 0 Å². The van der Waals surface area contributed by atoms with Gasteiger partial charge < -0.3 is 9.13 Å². The van der Waals surface area contributed by atoms with E-state index in [9.17, 15) is 0 Å². The zero-order valence-electron chi connectivity index (χ0n) is 25.1. The number of rotatable bonds is 3. The van der Waals surface area contributed by atoms with Gasteiger partial charge in [-0.25, -0.2) is 0 Å². The first-order valence-electron chi connectivity index (χ1n) is 15.9. The first-order chi connectivity index (χ1) is 22.8. The number of fused-ring (bicyclic) bond motifs is 11. The Morgan fingerprint density at radius 2 is 0.804 bits per heavy atom. The zero-order chi connectivity index (χ0) is 30.2. The van der Waals surface area contributed by atoms with Crippen LogP contribution >= 0.6 is 0 Å². The molecule has 0 spiro atoms. The molecule has 214 valence electrons. The van der Waals surface area contributed by atoms with Gasteiger partial charge in [0.05, 0.1) is 16.6 Å². The van der Waals surface area contributed by atoms with Gasteiger partial charge in [0.1, 0.15) is 0 Å². The average molecular weight is 585 g/mol. The summed E-state index contributed by atoms with van der Waals surface area (Å²) < 4.78 is 4.72. The average Bonchev–Trinajstić information content (AvgIpc) is 3.71. The molecule has 0 radical (unpaired) electrons. The predicted molar refractivity (Wildman–Crippen MR) is 196 cm³/mol. The third-order valence-corrected chi connectivity index (χ3v) is 9.72. The van der Waals surface area contributed by atoms with Crippen molar-refractivity contribution in [2.45, 2.75) is 0 Å². The molecule has 0 unspecified atom stereocenters. The molecule has 0 aliphatic heterocycles. The van der Waals surface area contributed by atoms with Crippen molar-refractivity contribution in [1.29, 1.82) is 0 Å². The van der Waals surface area contributed by atoms with Crippen LogP contribution in [0.25, 0.3) is 87.5 Å². The molecule has 10 rings (SSSR count). The molecule has 10 aromatic rings. The van der Waals surface area contributed by atoms with Crippen molar-refractivity contribution in [3.8, 4) is 22.5 Å². The molecule has 0 aliphatic rings. The first kappa shape index (κ1) is 25.2. The van der Waals surface area contributed by atoms with E-state index in [1.807, 2.05) is 0 Å². The molecule has 0 bridgehead atoms. The number of nitrogens with zero attached hydrogens (tertiary/aromatic N) is 2. The van der Waals surface area contributed by atoms with Crippen LogP contribution in [0.15, 0.2) is 170 Å². The number of hydrogen-bond acceptors (Lipinski definition) is 0. The Balaban J connectivity index is 1.24. The highest BCUT2D eigenvalue weighted by Gasteiger charge is 2.18. The van der Waals surface area contributed by atoms with Crippen LogP contribution in [0.1, 0.15) is 0 Å². The van der Waals surface area contributed by atoms with Gasteiger partial charge in [0, 0.05) is 33.7 Å². The molecular weight excluding hydrogens is 556 g/mol. The van der Waals surface area contributed by atoms with Crippen LogP contribution in [0.5, 0.6) is 0 Å². The summed E-state index contributed by atoms with van der Waals surface area (Å²) in [4.78, 5) is 0. The lowest BCUT2D eigenvalue weighted by atomic mass is 9.92. The third kappa shape index (κ3) is 3.59. The Morgan fingerprint density at radius 1 is 0.304 bits per heavy atom. The van der Waals surface area contributed by atoms with Crippen LogP contribution < -0.4 is 0 Å². The minimum Gasteiger partial charge on any atom is -0.316 e. The molecule has 0 fully saturated rings. The lowest BCUT2D eigenvalue weighted by Gasteiger charge is -2.12. The Kier molecular flexibility index (Phi) is 5.31. The molecule has 0 amide bonds. The van der Waals surface area contributed by atoms with E-state index < -0.39 is 0 Å². The van der Waals surface area contributed by atoms with Gasteiger partial charge in [0.15, 0.2) is 0 Å². The molecule has 0 atom stereocenters. The van der Waals surface area contributed by atoms with Gasteiger partial charge in [-0.3, -0.25) is 0 Å². The van der Waals surface area contributed by atoms with Crippen LogP contribution in [0.3, 0.4) is 0 Å². The standard InChI is InChI=1S/C44H28N2/c1-3-11-31(12-4-1)45-26-25-39-42(45)24-22-38-41-28-30(20-23-43(41)46(44(38)39)32-13-5-2-6-14-32)29-19-21-37-35-17-8-7-15-33(35)34-16-9-10-18-36(34)40(37)27-29/h1-28H. The largest absolute Gasteiger partial charge is 0.316 e. The molecule has 0 aliphatic carbocycles. The molecule has 2 heterocycles. The lowest BCUT2D eigenvalue weighted by molar-refractivity contribution is 1.13. The molecule has 46 heavy (non-hydrogen) atoms. The quantitative estimate of drug-likeness (QED) is 0.183. The normalized spacial score (nSPS) is 11.9. The molecule has 0 N–H and O–H groups in total. The maximum atomic E-state index is 2.44. The number of hydrogen-bond donors (Lipinski definition) is 0. The molecular formula is C44H28N2. The van der Waals surface area contributed by atoms with E-state index in [0.29, 0.717) is 0 Å². The third-order valence-electron chi connectivity index (χ3n) is 9.72. The Bertz CT molecular complexity index is 2750. The van der Waals surface area contributed by atoms with Gasteiger partial charge in [-0.1, -0.05) is 109 Å². The molecule has 0 saturated carbocycles. The van der Waals surface area contributed by atoms with Gasteiger partial charge in [-0.05, 0) is 98.0 Å². The fourth-order valence-corrected chi connectivity index (χ4v) is 7.65. The summed E-state index contributed by atoms with van der Waals surface area (Å²) in [6.07, 6.45) is 2.20. The van der Waals surface area contributed by atoms with Gasteiger partial charge in [0.25, 0.3) is 0 Å². The Hall–Kier alpha value is -6.12. The maximum absolute atomic E-state index is 2.44. The summed E-state index contributed by atoms with van der Waals surface area (Å²) in [6, 6.07) is 59.8. The highest BCUT2D eigenvalue weighted by molar-refractivity contribution is 6.26. The fraction of sp³-hybridized carbons (Fsp3) is 0. The van der Waals surface area contributed by atoms with E-state index in [4.69, 9.17) is 0 Å². The van der Waals surface area contributed by atoms with E-state index in [0.717, 1.165) is 5.69 Å². The number of aromatic nitrogens is 2. The first-order valence-corrected chi connectivity index (χ1v) is 15.9. The number of para-hydroxylation sites is 2. The van der Waals surface area contributed by atoms with Crippen molar-refractivity contribution < 1.29 is 0 Å². The minimum atomic E-state index is 1.16. The van der Waals surface area contributed by atoms with Crippen LogP contribution in [0.2, 0.25) is 0 Å². The minimum absolute atomic E-state index is 1.16. The van der Waals surface area contributed by atoms with Crippen molar-refractivity contribution >= 4 is 65.0 Å². The molecule has 2 nitrogen and oxygen atoms in total. The van der Waals surface area contributed by atoms with Crippen molar-refractivity contribution in [1.82, 2.24) is 9.13 Å². The van der Waals surface area contributed by atoms with Gasteiger partial charge in [0.2, 0.25) is 0 Å². The van der Waals surface area contributed by atoms with E-state index in [2.05, 4.69) is 179 Å². The predicted octanol–water partition coefficient (Wildman–Crippen LogP) is 11.9. The van der Waals surface area contributed by atoms with Gasteiger partial charge in [-0.2, -0.15) is 0 Å². The topological polar surface area (TPSA) is 9.86 Å². The van der Waals surface area contributed by atoms with Crippen LogP contribution in [0.4, 0.5) is 0 Å². The molecule has 2 aromatic heterocycles. The zero-order valence-corrected chi connectivity index (χ0v) is 25.1. The smallest absolute Gasteiger partial charge is 0.0635 e. The van der Waals surface area contributed by atoms with E-state index in [1.54, 1.807) is 0 Å². The van der Waals surface area contributed by atoms with Gasteiger partial charge in [-0.15, -0.1) is 0 Å². The summed E-state index contributed by atoms with van der Waals surface area (Å²) in [5.41, 5.74) is 8.43. The molecule has 8 aromatic carbocycles. The lowest BCUT2D eigenvalue weighted by Crippen LogP contribution is -1.94. The summed E-state index contributed by atoms with van der Waals surface area (Å²) in [6.45, 7) is 0. The Labute approximate surface area is 266 Å². The second kappa shape index (κ2) is 9.69. The van der Waals surface area contributed by atoms with Crippen LogP contribution in [-0.2, 0) is 0 Å². The second-order valence-electron chi connectivity index (χ2n) is 12.2. The van der Waals surface area contributed by atoms with Gasteiger partial charge >= 0.3 is 0 Å². The molecule has 2 heteroatoms. The molecule has 0 saturated heterocycles. The highest BCUT2D eigenvalue weighted by Crippen LogP contribution is 2.41. The summed E-state index contributed by atoms with van der Waals surface area (Å²) in [5.74, 6) is 0. The van der Waals surface area contributed by atoms with Crippen molar-refractivity contribution in [2.75, 3.05) is 0 Å². The van der Waals surface area contributed by atoms with E-state index >= 15 is 0 Å². The van der Waals surface area contributed by atoms with Crippen molar-refractivity contribution in [2.24, 2.45) is 0 Å². The maximum Gasteiger partial charge on any atom is 0.0635 e. The van der Waals surface area contributed by atoms with E-state index in [1.165, 1.54) is 81.8 Å². The fourth-order valence-electron chi connectivity index (χ4n) is 7.65. The van der Waals surface area contributed by atoms with Crippen molar-refractivity contribution in [3.05, 3.63) is 170 Å². The van der Waals surface area contributed by atoms with Crippen LogP contribution in [-0.4, -0.2) is 9.13 Å². The monoisotopic (exact) mass is 584 g/mol. The highest BCUT2D eigenvalue weighted by atomic mass is 15.0. The summed E-state index contributed by atoms with van der Waals surface area (Å²) in [5, 5.41) is 11.6. The summed E-state index contributed by atoms with van der Waals surface area (Å²) in [7, 11) is 0. The SMILES string of the molecule is c1ccc(-n2ccc3c2ccc2c4cc(-c5ccc6c7ccccc7c7ccccc7c6c5)ccc4n(-c4ccccc4)c23)cc1. The second-order valence-corrected chi connectivity index (χ2v) is 12.2. The van der Waals surface area contributed by atoms with Crippen LogP contribution in [0, 0.1) is 0 Å². The summed E-state index contributed by atoms with van der Waals surface area (Å²) >= 11 is 0. The van der Waals surface area contributed by atoms with Crippen molar-refractivity contribution in [3.63, 3.8) is 0 Å². The number of benzene rings is 8. The Morgan fingerprint density at radius 3 is 1.48 bits per heavy atom.